The third-order valence-corrected chi connectivity index (χ3v) is 2.59. The number of nitrogens with zero attached hydrogens (tertiary/aromatic N) is 1. The third-order valence-electron chi connectivity index (χ3n) is 1.92. The minimum atomic E-state index is -0.481. The average molecular weight is 244 g/mol. The number of hydrogen-bond acceptors (Lipinski definition) is 1. The molecule has 1 nitrogen and oxygen atoms in total. The van der Waals surface area contributed by atoms with E-state index in [0.717, 1.165) is 0 Å². The molecule has 0 aliphatic carbocycles. The van der Waals surface area contributed by atoms with E-state index in [1.807, 2.05) is 6.07 Å². The van der Waals surface area contributed by atoms with Crippen LogP contribution in [-0.2, 0) is 0 Å². The lowest BCUT2D eigenvalue weighted by Gasteiger charge is -2.04. The SMILES string of the molecule is CC/C(C#N)=C(/Cl)c1cc(Cl)ccc1F. The van der Waals surface area contributed by atoms with Crippen LogP contribution in [0.1, 0.15) is 18.9 Å². The highest BCUT2D eigenvalue weighted by Gasteiger charge is 2.10. The Morgan fingerprint density at radius 2 is 2.20 bits per heavy atom. The first-order valence-electron chi connectivity index (χ1n) is 4.34. The molecule has 0 saturated heterocycles. The smallest absolute Gasteiger partial charge is 0.132 e. The van der Waals surface area contributed by atoms with Gasteiger partial charge in [-0.1, -0.05) is 30.1 Å². The quantitative estimate of drug-likeness (QED) is 0.709. The molecule has 0 aromatic heterocycles. The van der Waals surface area contributed by atoms with Crippen molar-refractivity contribution in [3.63, 3.8) is 0 Å². The summed E-state index contributed by atoms with van der Waals surface area (Å²) in [5.74, 6) is -0.481. The van der Waals surface area contributed by atoms with Crippen molar-refractivity contribution in [2.24, 2.45) is 0 Å². The highest BCUT2D eigenvalue weighted by molar-refractivity contribution is 6.49. The molecule has 4 heteroatoms. The van der Waals surface area contributed by atoms with Crippen molar-refractivity contribution in [1.82, 2.24) is 0 Å². The standard InChI is InChI=1S/C11H8Cl2FN/c1-2-7(6-15)11(13)9-5-8(12)3-4-10(9)14/h3-5H,2H2,1H3/b11-7-. The van der Waals surface area contributed by atoms with Crippen LogP contribution in [0.5, 0.6) is 0 Å². The van der Waals surface area contributed by atoms with Crippen molar-refractivity contribution in [3.05, 3.63) is 40.2 Å². The van der Waals surface area contributed by atoms with Crippen molar-refractivity contribution < 1.29 is 4.39 Å². The van der Waals surface area contributed by atoms with Gasteiger partial charge in [-0.3, -0.25) is 0 Å². The molecule has 78 valence electrons. The normalized spacial score (nSPS) is 11.9. The van der Waals surface area contributed by atoms with Gasteiger partial charge >= 0.3 is 0 Å². The average Bonchev–Trinajstić information content (AvgIpc) is 2.23. The summed E-state index contributed by atoms with van der Waals surface area (Å²) in [5, 5.41) is 9.28. The predicted octanol–water partition coefficient (Wildman–Crippen LogP) is 4.36. The van der Waals surface area contributed by atoms with E-state index in [9.17, 15) is 4.39 Å². The topological polar surface area (TPSA) is 23.8 Å². The van der Waals surface area contributed by atoms with E-state index < -0.39 is 5.82 Å². The van der Waals surface area contributed by atoms with Crippen molar-refractivity contribution in [2.75, 3.05) is 0 Å². The lowest BCUT2D eigenvalue weighted by molar-refractivity contribution is 0.624. The first-order chi connectivity index (χ1) is 7.10. The first kappa shape index (κ1) is 12.0. The van der Waals surface area contributed by atoms with Crippen molar-refractivity contribution in [1.29, 1.82) is 5.26 Å². The second-order valence-corrected chi connectivity index (χ2v) is 3.70. The summed E-state index contributed by atoms with van der Waals surface area (Å²) < 4.78 is 13.4. The second-order valence-electron chi connectivity index (χ2n) is 2.88. The number of allylic oxidation sites excluding steroid dienone is 1. The second kappa shape index (κ2) is 5.16. The van der Waals surface area contributed by atoms with E-state index in [0.29, 0.717) is 17.0 Å². The van der Waals surface area contributed by atoms with E-state index in [1.54, 1.807) is 6.92 Å². The Bertz CT molecular complexity index is 446. The van der Waals surface area contributed by atoms with E-state index in [4.69, 9.17) is 28.5 Å². The predicted molar refractivity (Wildman–Crippen MR) is 60.1 cm³/mol. The van der Waals surface area contributed by atoms with Gasteiger partial charge in [0.25, 0.3) is 0 Å². The Morgan fingerprint density at radius 3 is 2.73 bits per heavy atom. The zero-order valence-corrected chi connectivity index (χ0v) is 9.53. The van der Waals surface area contributed by atoms with Crippen molar-refractivity contribution in [2.45, 2.75) is 13.3 Å². The molecule has 0 radical (unpaired) electrons. The van der Waals surface area contributed by atoms with Crippen molar-refractivity contribution >= 4 is 28.2 Å². The van der Waals surface area contributed by atoms with Gasteiger partial charge < -0.3 is 0 Å². The fourth-order valence-electron chi connectivity index (χ4n) is 1.11. The van der Waals surface area contributed by atoms with Crippen LogP contribution in [0.25, 0.3) is 5.03 Å². The van der Waals surface area contributed by atoms with Gasteiger partial charge in [0.15, 0.2) is 0 Å². The highest BCUT2D eigenvalue weighted by Crippen LogP contribution is 2.28. The summed E-state index contributed by atoms with van der Waals surface area (Å²) in [6.07, 6.45) is 0.460. The monoisotopic (exact) mass is 243 g/mol. The van der Waals surface area contributed by atoms with Crippen LogP contribution in [0.2, 0.25) is 5.02 Å². The number of rotatable bonds is 2. The maximum absolute atomic E-state index is 13.4. The molecule has 0 amide bonds. The largest absolute Gasteiger partial charge is 0.206 e. The van der Waals surface area contributed by atoms with Gasteiger partial charge in [-0.15, -0.1) is 0 Å². The van der Waals surface area contributed by atoms with Crippen LogP contribution in [0.4, 0.5) is 4.39 Å². The Balaban J connectivity index is 3.34. The Labute approximate surface area is 97.7 Å². The Morgan fingerprint density at radius 1 is 1.53 bits per heavy atom. The molecule has 0 N–H and O–H groups in total. The number of benzene rings is 1. The van der Waals surface area contributed by atoms with Gasteiger partial charge in [0.2, 0.25) is 0 Å². The fraction of sp³-hybridized carbons (Fsp3) is 0.182. The lowest BCUT2D eigenvalue weighted by Crippen LogP contribution is -1.89. The lowest BCUT2D eigenvalue weighted by atomic mass is 10.1. The zero-order chi connectivity index (χ0) is 11.4. The van der Waals surface area contributed by atoms with Gasteiger partial charge in [0.1, 0.15) is 5.82 Å². The molecule has 0 bridgehead atoms. The molecule has 0 aliphatic rings. The van der Waals surface area contributed by atoms with E-state index in [1.165, 1.54) is 18.2 Å². The Kier molecular flexibility index (Phi) is 4.14. The van der Waals surface area contributed by atoms with Crippen LogP contribution in [0, 0.1) is 17.1 Å². The third kappa shape index (κ3) is 2.71. The van der Waals surface area contributed by atoms with Crippen LogP contribution in [0.3, 0.4) is 0 Å². The maximum atomic E-state index is 13.4. The molecular weight excluding hydrogens is 236 g/mol. The van der Waals surface area contributed by atoms with Gasteiger partial charge in [-0.05, 0) is 24.6 Å². The van der Waals surface area contributed by atoms with Crippen LogP contribution >= 0.6 is 23.2 Å². The highest BCUT2D eigenvalue weighted by atomic mass is 35.5. The molecule has 1 aromatic rings. The number of nitriles is 1. The zero-order valence-electron chi connectivity index (χ0n) is 8.02. The molecule has 1 rings (SSSR count). The minimum Gasteiger partial charge on any atom is -0.206 e. The molecule has 0 unspecified atom stereocenters. The Hall–Kier alpha value is -1.04. The summed E-state index contributed by atoms with van der Waals surface area (Å²) in [6.45, 7) is 1.78. The summed E-state index contributed by atoms with van der Waals surface area (Å²) in [5.41, 5.74) is 0.514. The summed E-state index contributed by atoms with van der Waals surface area (Å²) >= 11 is 11.6. The van der Waals surface area contributed by atoms with Crippen LogP contribution < -0.4 is 0 Å². The fourth-order valence-corrected chi connectivity index (χ4v) is 1.60. The van der Waals surface area contributed by atoms with Crippen LogP contribution in [0.15, 0.2) is 23.8 Å². The summed E-state index contributed by atoms with van der Waals surface area (Å²) in [4.78, 5) is 0. The molecule has 0 saturated carbocycles. The first-order valence-corrected chi connectivity index (χ1v) is 5.10. The minimum absolute atomic E-state index is 0.125. The number of hydrogen-bond donors (Lipinski definition) is 0. The number of halogens is 3. The van der Waals surface area contributed by atoms with E-state index >= 15 is 0 Å². The molecule has 0 fully saturated rings. The van der Waals surface area contributed by atoms with Gasteiger partial charge in [0.05, 0.1) is 11.1 Å². The van der Waals surface area contributed by atoms with Gasteiger partial charge in [-0.2, -0.15) is 5.26 Å². The van der Waals surface area contributed by atoms with Gasteiger partial charge in [0, 0.05) is 16.2 Å². The molecule has 0 spiro atoms. The van der Waals surface area contributed by atoms with E-state index in [-0.39, 0.29) is 10.6 Å². The van der Waals surface area contributed by atoms with Gasteiger partial charge in [-0.25, -0.2) is 4.39 Å². The molecule has 15 heavy (non-hydrogen) atoms. The molecule has 0 aliphatic heterocycles. The van der Waals surface area contributed by atoms with E-state index in [2.05, 4.69) is 0 Å². The molecular formula is C11H8Cl2FN. The van der Waals surface area contributed by atoms with Crippen LogP contribution in [-0.4, -0.2) is 0 Å². The summed E-state index contributed by atoms with van der Waals surface area (Å²) in [7, 11) is 0. The molecule has 1 aromatic carbocycles. The summed E-state index contributed by atoms with van der Waals surface area (Å²) in [6, 6.07) is 6.00. The maximum Gasteiger partial charge on any atom is 0.132 e. The van der Waals surface area contributed by atoms with Crippen molar-refractivity contribution in [3.8, 4) is 6.07 Å². The molecule has 0 atom stereocenters. The molecule has 0 heterocycles.